The Kier molecular flexibility index (Phi) is 5.76. The predicted octanol–water partition coefficient (Wildman–Crippen LogP) is 2.85. The average molecular weight is 280 g/mol. The van der Waals surface area contributed by atoms with Crippen LogP contribution in [0.25, 0.3) is 0 Å². The van der Waals surface area contributed by atoms with Gasteiger partial charge < -0.3 is 10.2 Å². The summed E-state index contributed by atoms with van der Waals surface area (Å²) >= 11 is 0. The lowest BCUT2D eigenvalue weighted by atomic mass is 10.3. The molecule has 0 aliphatic carbocycles. The van der Waals surface area contributed by atoms with E-state index in [1.54, 1.807) is 35.4 Å². The lowest BCUT2D eigenvalue weighted by molar-refractivity contribution is 0.218. The third-order valence-corrected chi connectivity index (χ3v) is 3.46. The van der Waals surface area contributed by atoms with Crippen LogP contribution in [-0.2, 0) is 10.8 Å². The fraction of sp³-hybridized carbons (Fsp3) is 0.357. The zero-order chi connectivity index (χ0) is 14.4. The van der Waals surface area contributed by atoms with Gasteiger partial charge in [-0.25, -0.2) is 4.79 Å². The summed E-state index contributed by atoms with van der Waals surface area (Å²) < 4.78 is 11.4. The highest BCUT2D eigenvalue weighted by atomic mass is 32.2. The van der Waals surface area contributed by atoms with Crippen molar-refractivity contribution in [3.8, 4) is 0 Å². The molecule has 0 aliphatic rings. The molecule has 1 N–H and O–H groups in total. The van der Waals surface area contributed by atoms with Crippen LogP contribution in [0.1, 0.15) is 13.8 Å². The summed E-state index contributed by atoms with van der Waals surface area (Å²) in [7, 11) is -1.05. The van der Waals surface area contributed by atoms with Gasteiger partial charge in [-0.05, 0) is 32.0 Å². The van der Waals surface area contributed by atoms with Gasteiger partial charge in [0.25, 0.3) is 0 Å². The minimum absolute atomic E-state index is 0.176. The summed E-state index contributed by atoms with van der Waals surface area (Å²) in [6, 6.07) is 6.88. The van der Waals surface area contributed by atoms with E-state index in [-0.39, 0.29) is 6.03 Å². The van der Waals surface area contributed by atoms with Crippen molar-refractivity contribution in [1.29, 1.82) is 0 Å². The van der Waals surface area contributed by atoms with Gasteiger partial charge in [-0.3, -0.25) is 4.21 Å². The average Bonchev–Trinajstić information content (AvgIpc) is 2.35. The molecule has 0 fully saturated rings. The standard InChI is InChI=1S/C14H20N2O2S/c1-5-16(10-11(2)3)14(17)15-12-7-6-8-13(9-12)19(4)18/h6-9H,2,5,10H2,1,3-4H3,(H,15,17)/t19-/m1/s1. The summed E-state index contributed by atoms with van der Waals surface area (Å²) in [6.07, 6.45) is 1.61. The van der Waals surface area contributed by atoms with Gasteiger partial charge in [-0.2, -0.15) is 0 Å². The molecule has 0 aromatic heterocycles. The lowest BCUT2D eigenvalue weighted by Crippen LogP contribution is -2.35. The highest BCUT2D eigenvalue weighted by molar-refractivity contribution is 7.84. The van der Waals surface area contributed by atoms with Crippen LogP contribution >= 0.6 is 0 Å². The number of nitrogens with zero attached hydrogens (tertiary/aromatic N) is 1. The summed E-state index contributed by atoms with van der Waals surface area (Å²) in [4.78, 5) is 14.4. The molecule has 0 radical (unpaired) electrons. The molecule has 0 heterocycles. The van der Waals surface area contributed by atoms with E-state index in [9.17, 15) is 9.00 Å². The third kappa shape index (κ3) is 4.87. The Morgan fingerprint density at radius 1 is 1.47 bits per heavy atom. The molecular weight excluding hydrogens is 260 g/mol. The molecule has 0 aliphatic heterocycles. The van der Waals surface area contributed by atoms with Crippen LogP contribution < -0.4 is 5.32 Å². The maximum absolute atomic E-state index is 12.1. The Hall–Kier alpha value is -1.62. The van der Waals surface area contributed by atoms with Gasteiger partial charge in [-0.15, -0.1) is 0 Å². The molecule has 1 aromatic rings. The van der Waals surface area contributed by atoms with E-state index in [4.69, 9.17) is 0 Å². The van der Waals surface area contributed by atoms with Crippen molar-refractivity contribution >= 4 is 22.5 Å². The van der Waals surface area contributed by atoms with Gasteiger partial charge in [0.15, 0.2) is 0 Å². The lowest BCUT2D eigenvalue weighted by Gasteiger charge is -2.21. The molecule has 1 aromatic carbocycles. The minimum Gasteiger partial charge on any atom is -0.321 e. The number of hydrogen-bond acceptors (Lipinski definition) is 2. The number of carbonyl (C=O) groups excluding carboxylic acids is 1. The van der Waals surface area contributed by atoms with Gasteiger partial charge in [0, 0.05) is 40.7 Å². The minimum atomic E-state index is -1.05. The Morgan fingerprint density at radius 2 is 2.16 bits per heavy atom. The number of rotatable bonds is 5. The number of likely N-dealkylation sites (N-methyl/N-ethyl adjacent to an activating group) is 1. The van der Waals surface area contributed by atoms with Crippen LogP contribution in [0.3, 0.4) is 0 Å². The number of carbonyl (C=O) groups is 1. The van der Waals surface area contributed by atoms with Crippen LogP contribution in [0.5, 0.6) is 0 Å². The number of amides is 2. The maximum atomic E-state index is 12.1. The highest BCUT2D eigenvalue weighted by Crippen LogP contribution is 2.14. The van der Waals surface area contributed by atoms with Crippen LogP contribution in [-0.4, -0.2) is 34.5 Å². The summed E-state index contributed by atoms with van der Waals surface area (Å²) in [6.45, 7) is 8.75. The van der Waals surface area contributed by atoms with Crippen molar-refractivity contribution in [3.63, 3.8) is 0 Å². The Balaban J connectivity index is 2.78. The van der Waals surface area contributed by atoms with Crippen LogP contribution in [0.15, 0.2) is 41.3 Å². The second-order valence-corrected chi connectivity index (χ2v) is 5.76. The first-order chi connectivity index (χ1) is 8.93. The first-order valence-corrected chi connectivity index (χ1v) is 7.63. The summed E-state index contributed by atoms with van der Waals surface area (Å²) in [5.74, 6) is 0. The van der Waals surface area contributed by atoms with Crippen LogP contribution in [0, 0.1) is 0 Å². The first kappa shape index (κ1) is 15.4. The first-order valence-electron chi connectivity index (χ1n) is 6.07. The van der Waals surface area contributed by atoms with Crippen molar-refractivity contribution in [2.75, 3.05) is 24.7 Å². The van der Waals surface area contributed by atoms with E-state index >= 15 is 0 Å². The molecule has 5 heteroatoms. The Bertz CT molecular complexity index is 500. The summed E-state index contributed by atoms with van der Waals surface area (Å²) in [5, 5.41) is 2.80. The molecule has 4 nitrogen and oxygen atoms in total. The molecule has 0 bridgehead atoms. The molecule has 1 rings (SSSR count). The smallest absolute Gasteiger partial charge is 0.321 e. The van der Waals surface area contributed by atoms with Crippen molar-refractivity contribution in [2.24, 2.45) is 0 Å². The largest absolute Gasteiger partial charge is 0.322 e. The molecule has 104 valence electrons. The zero-order valence-electron chi connectivity index (χ0n) is 11.6. The number of anilines is 1. The predicted molar refractivity (Wildman–Crippen MR) is 79.9 cm³/mol. The normalized spacial score (nSPS) is 11.7. The van der Waals surface area contributed by atoms with Crippen LogP contribution in [0.4, 0.5) is 10.5 Å². The monoisotopic (exact) mass is 280 g/mol. The van der Waals surface area contributed by atoms with Gasteiger partial charge in [0.1, 0.15) is 0 Å². The van der Waals surface area contributed by atoms with Gasteiger partial charge in [-0.1, -0.05) is 18.2 Å². The fourth-order valence-corrected chi connectivity index (χ4v) is 2.17. The second kappa shape index (κ2) is 7.09. The molecule has 2 amide bonds. The Morgan fingerprint density at radius 3 is 2.68 bits per heavy atom. The maximum Gasteiger partial charge on any atom is 0.322 e. The molecule has 19 heavy (non-hydrogen) atoms. The van der Waals surface area contributed by atoms with Crippen LogP contribution in [0.2, 0.25) is 0 Å². The Labute approximate surface area is 117 Å². The SMILES string of the molecule is C=C(C)CN(CC)C(=O)Nc1cccc([S@@](C)=O)c1. The van der Waals surface area contributed by atoms with E-state index in [0.717, 1.165) is 5.57 Å². The molecule has 0 saturated carbocycles. The van der Waals surface area contributed by atoms with Crippen molar-refractivity contribution in [3.05, 3.63) is 36.4 Å². The molecule has 0 spiro atoms. The highest BCUT2D eigenvalue weighted by Gasteiger charge is 2.11. The second-order valence-electron chi connectivity index (χ2n) is 4.38. The zero-order valence-corrected chi connectivity index (χ0v) is 12.4. The number of urea groups is 1. The van der Waals surface area contributed by atoms with E-state index in [0.29, 0.717) is 23.7 Å². The quantitative estimate of drug-likeness (QED) is 0.843. The van der Waals surface area contributed by atoms with Gasteiger partial charge in [0.05, 0.1) is 0 Å². The summed E-state index contributed by atoms with van der Waals surface area (Å²) in [5.41, 5.74) is 1.58. The number of nitrogens with one attached hydrogen (secondary N) is 1. The van der Waals surface area contributed by atoms with Gasteiger partial charge >= 0.3 is 6.03 Å². The van der Waals surface area contributed by atoms with Gasteiger partial charge in [0.2, 0.25) is 0 Å². The van der Waals surface area contributed by atoms with E-state index in [1.807, 2.05) is 13.8 Å². The van der Waals surface area contributed by atoms with Crippen molar-refractivity contribution in [1.82, 2.24) is 4.90 Å². The van der Waals surface area contributed by atoms with Crippen molar-refractivity contribution in [2.45, 2.75) is 18.7 Å². The molecule has 0 saturated heterocycles. The third-order valence-electron chi connectivity index (χ3n) is 2.55. The molecular formula is C14H20N2O2S. The molecule has 1 atom stereocenters. The van der Waals surface area contributed by atoms with E-state index < -0.39 is 10.8 Å². The van der Waals surface area contributed by atoms with E-state index in [1.165, 1.54) is 0 Å². The number of benzene rings is 1. The van der Waals surface area contributed by atoms with E-state index in [2.05, 4.69) is 11.9 Å². The van der Waals surface area contributed by atoms with Crippen molar-refractivity contribution < 1.29 is 9.00 Å². The topological polar surface area (TPSA) is 49.4 Å². The number of hydrogen-bond donors (Lipinski definition) is 1. The fourth-order valence-electron chi connectivity index (χ4n) is 1.61. The molecule has 0 unspecified atom stereocenters.